The molecule has 0 aromatic carbocycles. The minimum absolute atomic E-state index is 0.198. The highest BCUT2D eigenvalue weighted by Gasteiger charge is 2.07. The quantitative estimate of drug-likeness (QED) is 0.674. The molecule has 88 valence electrons. The predicted molar refractivity (Wildman–Crippen MR) is 67.9 cm³/mol. The molecule has 1 N–H and O–H groups in total. The fraction of sp³-hybridized carbons (Fsp3) is 0. The van der Waals surface area contributed by atoms with Crippen LogP contribution in [0.15, 0.2) is 47.5 Å². The molecule has 2 aromatic rings. The van der Waals surface area contributed by atoms with Gasteiger partial charge in [-0.15, -0.1) is 0 Å². The predicted octanol–water partition coefficient (Wildman–Crippen LogP) is 3.16. The maximum absolute atomic E-state index is 11.4. The van der Waals surface area contributed by atoms with Gasteiger partial charge in [-0.1, -0.05) is 0 Å². The third-order valence-electron chi connectivity index (χ3n) is 1.77. The van der Waals surface area contributed by atoms with E-state index in [2.05, 4.69) is 42.4 Å². The van der Waals surface area contributed by atoms with Crippen LogP contribution in [0.1, 0.15) is 16.3 Å². The molecule has 2 heterocycles. The van der Waals surface area contributed by atoms with Gasteiger partial charge in [0.25, 0.3) is 0 Å². The average molecular weight is 362 g/mol. The second kappa shape index (κ2) is 5.33. The van der Waals surface area contributed by atoms with Crippen LogP contribution in [0, 0.1) is 0 Å². The molecule has 2 rings (SSSR count). The number of hydrazone groups is 1. The Kier molecular flexibility index (Phi) is 3.80. The van der Waals surface area contributed by atoms with Crippen molar-refractivity contribution in [2.24, 2.45) is 5.10 Å². The van der Waals surface area contributed by atoms with Crippen molar-refractivity contribution in [1.82, 2.24) is 5.43 Å². The lowest BCUT2D eigenvalue weighted by molar-refractivity contribution is 0.0927. The zero-order valence-electron chi connectivity index (χ0n) is 8.31. The molecule has 5 nitrogen and oxygen atoms in total. The monoisotopic (exact) mass is 360 g/mol. The van der Waals surface area contributed by atoms with Crippen LogP contribution >= 0.6 is 31.9 Å². The van der Waals surface area contributed by atoms with Crippen LogP contribution in [0.3, 0.4) is 0 Å². The summed E-state index contributed by atoms with van der Waals surface area (Å²) in [5, 5.41) is 3.73. The largest absolute Gasteiger partial charge is 0.459 e. The number of hydrogen-bond donors (Lipinski definition) is 1. The summed E-state index contributed by atoms with van der Waals surface area (Å²) < 4.78 is 11.5. The Morgan fingerprint density at radius 1 is 1.47 bits per heavy atom. The van der Waals surface area contributed by atoms with Crippen molar-refractivity contribution in [3.05, 3.63) is 45.1 Å². The summed E-state index contributed by atoms with van der Waals surface area (Å²) in [5.74, 6) is 0.281. The van der Waals surface area contributed by atoms with E-state index < -0.39 is 5.91 Å². The second-order valence-electron chi connectivity index (χ2n) is 2.95. The molecule has 0 aliphatic carbocycles. The van der Waals surface area contributed by atoms with Crippen molar-refractivity contribution < 1.29 is 13.6 Å². The molecule has 0 bridgehead atoms. The number of halogens is 2. The Labute approximate surface area is 113 Å². The summed E-state index contributed by atoms with van der Waals surface area (Å²) in [5.41, 5.74) is 2.31. The molecule has 0 saturated heterocycles. The highest BCUT2D eigenvalue weighted by atomic mass is 79.9. The fourth-order valence-corrected chi connectivity index (χ4v) is 1.65. The van der Waals surface area contributed by atoms with Crippen molar-refractivity contribution in [1.29, 1.82) is 0 Å². The molecule has 1 amide bonds. The molecule has 0 unspecified atom stereocenters. The average Bonchev–Trinajstić information content (AvgIpc) is 2.90. The van der Waals surface area contributed by atoms with E-state index in [1.165, 1.54) is 12.5 Å². The maximum Gasteiger partial charge on any atom is 0.307 e. The van der Waals surface area contributed by atoms with Crippen LogP contribution in [0.4, 0.5) is 0 Å². The number of hydrogen-bond acceptors (Lipinski definition) is 4. The fourth-order valence-electron chi connectivity index (χ4n) is 1.04. The van der Waals surface area contributed by atoms with Crippen molar-refractivity contribution in [3.8, 4) is 0 Å². The van der Waals surface area contributed by atoms with E-state index in [9.17, 15) is 4.79 Å². The van der Waals surface area contributed by atoms with Gasteiger partial charge in [-0.05, 0) is 44.0 Å². The normalized spacial score (nSPS) is 10.9. The van der Waals surface area contributed by atoms with Crippen LogP contribution in [0.2, 0.25) is 0 Å². The molecule has 7 heteroatoms. The van der Waals surface area contributed by atoms with Crippen LogP contribution in [-0.4, -0.2) is 12.1 Å². The Hall–Kier alpha value is -1.34. The van der Waals surface area contributed by atoms with E-state index in [1.807, 2.05) is 0 Å². The summed E-state index contributed by atoms with van der Waals surface area (Å²) in [6.07, 6.45) is 2.80. The molecular weight excluding hydrogens is 356 g/mol. The van der Waals surface area contributed by atoms with Gasteiger partial charge in [-0.25, -0.2) is 5.43 Å². The van der Waals surface area contributed by atoms with E-state index in [4.69, 9.17) is 8.83 Å². The van der Waals surface area contributed by atoms with Gasteiger partial charge in [-0.3, -0.25) is 4.79 Å². The third-order valence-corrected chi connectivity index (χ3v) is 3.48. The van der Waals surface area contributed by atoms with Gasteiger partial charge in [0, 0.05) is 6.07 Å². The van der Waals surface area contributed by atoms with Crippen molar-refractivity contribution in [3.63, 3.8) is 0 Å². The Morgan fingerprint density at radius 3 is 2.88 bits per heavy atom. The first-order chi connectivity index (χ1) is 8.16. The standard InChI is InChI=1S/C10H6Br2N2O3/c11-7-4-6(17-9(7)12)5-13-14-10(15)8-2-1-3-16-8/h1-5H,(H,14,15)/b13-5+. The molecular formula is C10H6Br2N2O3. The summed E-state index contributed by atoms with van der Waals surface area (Å²) in [6, 6.07) is 4.89. The SMILES string of the molecule is O=C(N/N=C/c1cc(Br)c(Br)o1)c1ccco1. The van der Waals surface area contributed by atoms with Crippen LogP contribution in [-0.2, 0) is 0 Å². The van der Waals surface area contributed by atoms with Crippen molar-refractivity contribution >= 4 is 44.0 Å². The molecule has 0 spiro atoms. The Morgan fingerprint density at radius 2 is 2.29 bits per heavy atom. The number of carbonyl (C=O) groups is 1. The second-order valence-corrected chi connectivity index (χ2v) is 4.52. The number of rotatable bonds is 3. The number of furan rings is 2. The number of nitrogens with one attached hydrogen (secondary N) is 1. The zero-order chi connectivity index (χ0) is 12.3. The van der Waals surface area contributed by atoms with E-state index in [-0.39, 0.29) is 5.76 Å². The molecule has 0 radical (unpaired) electrons. The molecule has 0 aliphatic rings. The minimum Gasteiger partial charge on any atom is -0.459 e. The molecule has 2 aromatic heterocycles. The molecule has 17 heavy (non-hydrogen) atoms. The van der Waals surface area contributed by atoms with Gasteiger partial charge in [0.1, 0.15) is 5.76 Å². The molecule has 0 atom stereocenters. The van der Waals surface area contributed by atoms with E-state index >= 15 is 0 Å². The lowest BCUT2D eigenvalue weighted by atomic mass is 10.4. The van der Waals surface area contributed by atoms with E-state index in [0.29, 0.717) is 10.4 Å². The first kappa shape index (κ1) is 12.1. The van der Waals surface area contributed by atoms with Gasteiger partial charge in [0.05, 0.1) is 17.0 Å². The minimum atomic E-state index is -0.420. The summed E-state index contributed by atoms with van der Waals surface area (Å²) >= 11 is 6.45. The highest BCUT2D eigenvalue weighted by Crippen LogP contribution is 2.25. The van der Waals surface area contributed by atoms with Gasteiger partial charge in [-0.2, -0.15) is 5.10 Å². The first-order valence-electron chi connectivity index (χ1n) is 4.48. The molecule has 0 aliphatic heterocycles. The van der Waals surface area contributed by atoms with Crippen molar-refractivity contribution in [2.45, 2.75) is 0 Å². The van der Waals surface area contributed by atoms with E-state index in [0.717, 1.165) is 4.47 Å². The zero-order valence-corrected chi connectivity index (χ0v) is 11.5. The summed E-state index contributed by atoms with van der Waals surface area (Å²) in [7, 11) is 0. The lowest BCUT2D eigenvalue weighted by Crippen LogP contribution is -2.16. The summed E-state index contributed by atoms with van der Waals surface area (Å²) in [6.45, 7) is 0. The number of nitrogens with zero attached hydrogens (tertiary/aromatic N) is 1. The Balaban J connectivity index is 1.96. The first-order valence-corrected chi connectivity index (χ1v) is 6.07. The van der Waals surface area contributed by atoms with E-state index in [1.54, 1.807) is 18.2 Å². The topological polar surface area (TPSA) is 67.7 Å². The van der Waals surface area contributed by atoms with Gasteiger partial charge in [0.15, 0.2) is 10.4 Å². The number of carbonyl (C=O) groups excluding carboxylic acids is 1. The smallest absolute Gasteiger partial charge is 0.307 e. The van der Waals surface area contributed by atoms with Crippen LogP contribution in [0.25, 0.3) is 0 Å². The third kappa shape index (κ3) is 3.07. The van der Waals surface area contributed by atoms with Crippen molar-refractivity contribution in [2.75, 3.05) is 0 Å². The van der Waals surface area contributed by atoms with Gasteiger partial charge >= 0.3 is 5.91 Å². The summed E-state index contributed by atoms with van der Waals surface area (Å²) in [4.78, 5) is 11.4. The maximum atomic E-state index is 11.4. The Bertz CT molecular complexity index is 526. The lowest BCUT2D eigenvalue weighted by Gasteiger charge is -1.93. The van der Waals surface area contributed by atoms with Crippen LogP contribution < -0.4 is 5.43 Å². The number of amides is 1. The van der Waals surface area contributed by atoms with Gasteiger partial charge < -0.3 is 8.83 Å². The van der Waals surface area contributed by atoms with Gasteiger partial charge in [0.2, 0.25) is 0 Å². The highest BCUT2D eigenvalue weighted by molar-refractivity contribution is 9.13. The molecule has 0 fully saturated rings. The molecule has 0 saturated carbocycles. The van der Waals surface area contributed by atoms with Crippen LogP contribution in [0.5, 0.6) is 0 Å².